The molecule has 2 aliphatic rings. The number of carbonyl (C=O) groups is 1. The molecule has 1 aliphatic heterocycles. The molecule has 1 aliphatic carbocycles. The summed E-state index contributed by atoms with van der Waals surface area (Å²) in [4.78, 5) is 14.3. The smallest absolute Gasteiger partial charge is 0.276 e. The van der Waals surface area contributed by atoms with Gasteiger partial charge in [0, 0.05) is 12.0 Å². The predicted molar refractivity (Wildman–Crippen MR) is 96.3 cm³/mol. The van der Waals surface area contributed by atoms with Crippen LogP contribution in [0, 0.1) is 5.82 Å². The lowest BCUT2D eigenvalue weighted by Gasteiger charge is -2.17. The van der Waals surface area contributed by atoms with Gasteiger partial charge in [-0.1, -0.05) is 50.5 Å². The van der Waals surface area contributed by atoms with Gasteiger partial charge in [0.15, 0.2) is 5.69 Å². The fourth-order valence-electron chi connectivity index (χ4n) is 2.69. The van der Waals surface area contributed by atoms with Crippen molar-refractivity contribution in [3.63, 3.8) is 0 Å². The van der Waals surface area contributed by atoms with Crippen LogP contribution in [0.15, 0.2) is 24.3 Å². The van der Waals surface area contributed by atoms with Crippen LogP contribution in [0.25, 0.3) is 0 Å². The molecule has 4 nitrogen and oxygen atoms in total. The van der Waals surface area contributed by atoms with Gasteiger partial charge in [-0.15, -0.1) is 0 Å². The number of nitrogens with zero attached hydrogens (tertiary/aromatic N) is 3. The fraction of sp³-hybridized carbons (Fsp3) is 0.312. The summed E-state index contributed by atoms with van der Waals surface area (Å²) in [5.74, 6) is -0.625. The molecule has 1 aromatic carbocycles. The van der Waals surface area contributed by atoms with Crippen LogP contribution < -0.4 is 0 Å². The Hall–Kier alpha value is -1.35. The van der Waals surface area contributed by atoms with Gasteiger partial charge in [-0.25, -0.2) is 13.5 Å². The van der Waals surface area contributed by atoms with Crippen LogP contribution in [0.3, 0.4) is 0 Å². The Balaban J connectivity index is 1.69. The molecule has 126 valence electrons. The number of hydrogen-bond donors (Lipinski definition) is 0. The van der Waals surface area contributed by atoms with Crippen LogP contribution in [0.5, 0.6) is 0 Å². The first-order valence-electron chi connectivity index (χ1n) is 7.42. The van der Waals surface area contributed by atoms with E-state index in [1.807, 2.05) is 4.01 Å². The first-order chi connectivity index (χ1) is 11.6. The predicted octanol–water partition coefficient (Wildman–Crippen LogP) is 3.37. The lowest BCUT2D eigenvalue weighted by molar-refractivity contribution is 0.0761. The Bertz CT molecular complexity index is 854. The van der Waals surface area contributed by atoms with Gasteiger partial charge in [-0.2, -0.15) is 5.10 Å². The third-order valence-corrected chi connectivity index (χ3v) is 6.72. The summed E-state index contributed by atoms with van der Waals surface area (Å²) in [5.41, 5.74) is 1.29. The normalized spacial score (nSPS) is 22.8. The summed E-state index contributed by atoms with van der Waals surface area (Å²) in [5, 5.41) is 4.63. The highest BCUT2D eigenvalue weighted by molar-refractivity contribution is 14.2. The Morgan fingerprint density at radius 3 is 2.83 bits per heavy atom. The lowest BCUT2D eigenvalue weighted by atomic mass is 10.2. The van der Waals surface area contributed by atoms with Crippen LogP contribution in [0.1, 0.15) is 28.0 Å². The molecular formula is C16H13ClF2IN3O. The third kappa shape index (κ3) is 2.77. The van der Waals surface area contributed by atoms with Crippen molar-refractivity contribution in [3.05, 3.63) is 52.1 Å². The van der Waals surface area contributed by atoms with Crippen LogP contribution in [0.4, 0.5) is 8.78 Å². The van der Waals surface area contributed by atoms with Crippen molar-refractivity contribution in [1.29, 1.82) is 0 Å². The molecule has 0 saturated heterocycles. The Morgan fingerprint density at radius 1 is 1.38 bits per heavy atom. The Labute approximate surface area is 152 Å². The molecule has 24 heavy (non-hydrogen) atoms. The van der Waals surface area contributed by atoms with E-state index in [-0.39, 0.29) is 30.0 Å². The van der Waals surface area contributed by atoms with Gasteiger partial charge in [0.1, 0.15) is 17.1 Å². The average Bonchev–Trinajstić information content (AvgIpc) is 3.23. The Kier molecular flexibility index (Phi) is 4.16. The molecule has 1 aromatic heterocycles. The fourth-order valence-corrected chi connectivity index (χ4v) is 5.59. The van der Waals surface area contributed by atoms with E-state index in [1.165, 1.54) is 10.7 Å². The minimum Gasteiger partial charge on any atom is -0.322 e. The Morgan fingerprint density at radius 2 is 2.12 bits per heavy atom. The number of halogens is 4. The van der Waals surface area contributed by atoms with Crippen molar-refractivity contribution in [2.24, 2.45) is 0 Å². The number of amides is 1. The summed E-state index contributed by atoms with van der Waals surface area (Å²) in [6.07, 6.45) is -0.537. The molecule has 0 radical (unpaired) electrons. The van der Waals surface area contributed by atoms with E-state index < -0.39 is 26.9 Å². The average molecular weight is 464 g/mol. The maximum absolute atomic E-state index is 13.8. The zero-order valence-electron chi connectivity index (χ0n) is 12.4. The van der Waals surface area contributed by atoms with Gasteiger partial charge in [0.05, 0.1) is 22.7 Å². The summed E-state index contributed by atoms with van der Waals surface area (Å²) in [7, 11) is 0. The topological polar surface area (TPSA) is 38.1 Å². The van der Waals surface area contributed by atoms with Crippen molar-refractivity contribution in [3.8, 4) is 0 Å². The van der Waals surface area contributed by atoms with Gasteiger partial charge in [-0.05, 0) is 10.1 Å². The van der Waals surface area contributed by atoms with Crippen molar-refractivity contribution < 1.29 is 13.6 Å². The number of alkyl halides is 2. The first-order valence-corrected chi connectivity index (χ1v) is 10.6. The first kappa shape index (κ1) is 16.1. The molecule has 2 aromatic rings. The SMILES string of the molecule is O=C1c2nn(Cc3ccccc3F)c(Cl)c2C=ICN1[C@H]1C[C@@H]1F. The highest BCUT2D eigenvalue weighted by Gasteiger charge is 2.46. The molecule has 4 rings (SSSR count). The maximum atomic E-state index is 13.8. The molecule has 8 heteroatoms. The quantitative estimate of drug-likeness (QED) is 0.398. The van der Waals surface area contributed by atoms with Crippen molar-refractivity contribution in [2.75, 3.05) is 4.55 Å². The number of rotatable bonds is 3. The van der Waals surface area contributed by atoms with Gasteiger partial charge in [0.2, 0.25) is 0 Å². The minimum atomic E-state index is -0.935. The van der Waals surface area contributed by atoms with Gasteiger partial charge in [0.25, 0.3) is 5.91 Å². The van der Waals surface area contributed by atoms with Crippen LogP contribution in [-0.2, 0) is 6.54 Å². The van der Waals surface area contributed by atoms with E-state index in [4.69, 9.17) is 11.6 Å². The molecule has 1 fully saturated rings. The van der Waals surface area contributed by atoms with Gasteiger partial charge < -0.3 is 4.90 Å². The van der Waals surface area contributed by atoms with E-state index in [0.29, 0.717) is 27.3 Å². The monoisotopic (exact) mass is 463 g/mol. The second-order valence-corrected chi connectivity index (χ2v) is 8.32. The second kappa shape index (κ2) is 6.18. The molecule has 0 unspecified atom stereocenters. The molecule has 2 atom stereocenters. The molecule has 2 heterocycles. The van der Waals surface area contributed by atoms with Gasteiger partial charge in [-0.3, -0.25) is 4.79 Å². The molecule has 0 N–H and O–H groups in total. The van der Waals surface area contributed by atoms with Crippen LogP contribution >= 0.6 is 32.3 Å². The van der Waals surface area contributed by atoms with E-state index >= 15 is 0 Å². The van der Waals surface area contributed by atoms with E-state index in [2.05, 4.69) is 5.10 Å². The molecule has 1 amide bonds. The second-order valence-electron chi connectivity index (χ2n) is 5.78. The molecule has 0 bridgehead atoms. The number of fused-ring (bicyclic) bond motifs is 1. The standard InChI is InChI=1S/C16H13ClF2IN3O/c17-15-10-6-20-8-22(13-5-12(13)19)16(24)14(10)21-23(15)7-9-3-1-2-4-11(9)18/h1-4,6,12-13H,5,7-8H2/t12-,13-/m0/s1. The van der Waals surface area contributed by atoms with E-state index in [0.717, 1.165) is 0 Å². The molecular weight excluding hydrogens is 451 g/mol. The summed E-state index contributed by atoms with van der Waals surface area (Å²) in [6, 6.07) is 6.05. The van der Waals surface area contributed by atoms with Crippen molar-refractivity contribution >= 4 is 42.3 Å². The van der Waals surface area contributed by atoms with Crippen LogP contribution in [0.2, 0.25) is 5.15 Å². The number of carbonyl (C=O) groups excluding carboxylic acids is 1. The molecule has 1 saturated carbocycles. The number of hydrogen-bond acceptors (Lipinski definition) is 2. The highest BCUT2D eigenvalue weighted by atomic mass is 127. The lowest BCUT2D eigenvalue weighted by Crippen LogP contribution is -2.33. The van der Waals surface area contributed by atoms with Crippen LogP contribution in [-0.4, -0.2) is 41.4 Å². The molecule has 0 spiro atoms. The maximum Gasteiger partial charge on any atom is 0.276 e. The van der Waals surface area contributed by atoms with Crippen molar-refractivity contribution in [1.82, 2.24) is 14.7 Å². The highest BCUT2D eigenvalue weighted by Crippen LogP contribution is 2.35. The summed E-state index contributed by atoms with van der Waals surface area (Å²) >= 11 is 5.92. The number of aromatic nitrogens is 2. The zero-order valence-corrected chi connectivity index (χ0v) is 15.3. The van der Waals surface area contributed by atoms with Gasteiger partial charge >= 0.3 is 0 Å². The van der Waals surface area contributed by atoms with Crippen molar-refractivity contribution in [2.45, 2.75) is 25.2 Å². The number of benzene rings is 1. The summed E-state index contributed by atoms with van der Waals surface area (Å²) < 4.78 is 31.2. The van der Waals surface area contributed by atoms with E-state index in [1.54, 1.807) is 23.1 Å². The summed E-state index contributed by atoms with van der Waals surface area (Å²) in [6.45, 7) is 0.146. The minimum absolute atomic E-state index is 0.146. The third-order valence-electron chi connectivity index (χ3n) is 4.13. The largest absolute Gasteiger partial charge is 0.322 e. The van der Waals surface area contributed by atoms with E-state index in [9.17, 15) is 13.6 Å². The zero-order chi connectivity index (χ0) is 16.8.